The summed E-state index contributed by atoms with van der Waals surface area (Å²) < 4.78 is 6.05. The monoisotopic (exact) mass is 301 g/mol. The van der Waals surface area contributed by atoms with E-state index in [0.29, 0.717) is 5.92 Å². The number of nitrogens with zero attached hydrogens (tertiary/aromatic N) is 2. The molecule has 1 aromatic heterocycles. The van der Waals surface area contributed by atoms with Crippen LogP contribution in [0.15, 0.2) is 17.1 Å². The Bertz CT molecular complexity index is 435. The third-order valence-electron chi connectivity index (χ3n) is 3.25. The predicted molar refractivity (Wildman–Crippen MR) is 81.1 cm³/mol. The second-order valence-corrected chi connectivity index (χ2v) is 6.46. The van der Waals surface area contributed by atoms with Crippen LogP contribution >= 0.6 is 22.9 Å². The van der Waals surface area contributed by atoms with Crippen molar-refractivity contribution >= 4 is 28.9 Å². The van der Waals surface area contributed by atoms with Gasteiger partial charge in [-0.2, -0.15) is 0 Å². The summed E-state index contributed by atoms with van der Waals surface area (Å²) in [4.78, 5) is 7.86. The van der Waals surface area contributed by atoms with Gasteiger partial charge in [0.25, 0.3) is 0 Å². The minimum atomic E-state index is 0.611. The number of nitrogens with one attached hydrogen (secondary N) is 1. The van der Waals surface area contributed by atoms with E-state index in [9.17, 15) is 0 Å². The molecule has 0 spiro atoms. The molecule has 6 heteroatoms. The van der Waals surface area contributed by atoms with Crippen molar-refractivity contribution in [3.63, 3.8) is 0 Å². The number of hydrogen-bond donors (Lipinski definition) is 1. The van der Waals surface area contributed by atoms with Crippen LogP contribution in [-0.4, -0.2) is 44.7 Å². The first-order chi connectivity index (χ1) is 9.22. The van der Waals surface area contributed by atoms with E-state index in [1.165, 1.54) is 11.3 Å². The molecule has 1 N–H and O–H groups in total. The molecule has 0 aliphatic carbocycles. The predicted octanol–water partition coefficient (Wildman–Crippen LogP) is 2.45. The van der Waals surface area contributed by atoms with E-state index in [0.717, 1.165) is 36.5 Å². The number of thiophene rings is 1. The molecule has 1 aliphatic rings. The van der Waals surface area contributed by atoms with E-state index in [-0.39, 0.29) is 0 Å². The van der Waals surface area contributed by atoms with E-state index >= 15 is 0 Å². The van der Waals surface area contributed by atoms with Crippen molar-refractivity contribution < 1.29 is 4.74 Å². The van der Waals surface area contributed by atoms with Gasteiger partial charge in [-0.15, -0.1) is 11.3 Å². The van der Waals surface area contributed by atoms with E-state index in [4.69, 9.17) is 16.3 Å². The fourth-order valence-corrected chi connectivity index (χ4v) is 3.37. The third kappa shape index (κ3) is 4.09. The van der Waals surface area contributed by atoms with Gasteiger partial charge >= 0.3 is 0 Å². The van der Waals surface area contributed by atoms with Crippen LogP contribution in [-0.2, 0) is 11.3 Å². The highest BCUT2D eigenvalue weighted by molar-refractivity contribution is 7.16. The Labute approximate surface area is 123 Å². The van der Waals surface area contributed by atoms with Crippen LogP contribution in [0.25, 0.3) is 0 Å². The molecular weight excluding hydrogens is 282 g/mol. The van der Waals surface area contributed by atoms with Crippen molar-refractivity contribution in [1.82, 2.24) is 10.2 Å². The molecule has 4 nitrogen and oxygen atoms in total. The molecule has 1 saturated heterocycles. The SMILES string of the molecule is CN=C(NCc1ccc(Cl)s1)N1CCC(COC)C1. The number of likely N-dealkylation sites (tertiary alicyclic amines) is 1. The van der Waals surface area contributed by atoms with Gasteiger partial charge < -0.3 is 15.0 Å². The molecule has 0 saturated carbocycles. The summed E-state index contributed by atoms with van der Waals surface area (Å²) >= 11 is 7.53. The van der Waals surface area contributed by atoms with Gasteiger partial charge in [-0.1, -0.05) is 11.6 Å². The number of aliphatic imine (C=N–C) groups is 1. The fraction of sp³-hybridized carbons (Fsp3) is 0.615. The first-order valence-corrected chi connectivity index (χ1v) is 7.61. The molecule has 0 bridgehead atoms. The zero-order valence-electron chi connectivity index (χ0n) is 11.4. The van der Waals surface area contributed by atoms with Crippen molar-refractivity contribution in [3.8, 4) is 0 Å². The van der Waals surface area contributed by atoms with E-state index < -0.39 is 0 Å². The zero-order chi connectivity index (χ0) is 13.7. The van der Waals surface area contributed by atoms with E-state index in [2.05, 4.69) is 15.2 Å². The Morgan fingerprint density at radius 3 is 3.11 bits per heavy atom. The molecule has 2 rings (SSSR count). The van der Waals surface area contributed by atoms with Gasteiger partial charge in [-0.3, -0.25) is 4.99 Å². The van der Waals surface area contributed by atoms with Crippen LogP contribution in [0.2, 0.25) is 4.34 Å². The maximum absolute atomic E-state index is 5.93. The first kappa shape index (κ1) is 14.6. The van der Waals surface area contributed by atoms with Crippen molar-refractivity contribution in [2.45, 2.75) is 13.0 Å². The summed E-state index contributed by atoms with van der Waals surface area (Å²) in [5, 5.41) is 3.39. The maximum Gasteiger partial charge on any atom is 0.193 e. The van der Waals surface area contributed by atoms with Crippen LogP contribution in [0.4, 0.5) is 0 Å². The quantitative estimate of drug-likeness (QED) is 0.685. The van der Waals surface area contributed by atoms with Crippen molar-refractivity contribution in [3.05, 3.63) is 21.3 Å². The number of hydrogen-bond acceptors (Lipinski definition) is 3. The molecule has 1 aliphatic heterocycles. The lowest BCUT2D eigenvalue weighted by Gasteiger charge is -2.21. The average molecular weight is 302 g/mol. The number of halogens is 1. The summed E-state index contributed by atoms with van der Waals surface area (Å²) in [6, 6.07) is 3.97. The molecule has 1 unspecified atom stereocenters. The molecule has 1 aromatic rings. The van der Waals surface area contributed by atoms with Crippen LogP contribution in [0.3, 0.4) is 0 Å². The molecule has 1 atom stereocenters. The van der Waals surface area contributed by atoms with E-state index in [1.807, 2.05) is 19.2 Å². The topological polar surface area (TPSA) is 36.9 Å². The van der Waals surface area contributed by atoms with Crippen LogP contribution in [0.1, 0.15) is 11.3 Å². The first-order valence-electron chi connectivity index (χ1n) is 6.41. The Hall–Kier alpha value is -0.780. The fourth-order valence-electron chi connectivity index (χ4n) is 2.34. The van der Waals surface area contributed by atoms with Gasteiger partial charge in [-0.05, 0) is 18.6 Å². The second kappa shape index (κ2) is 7.12. The molecule has 19 heavy (non-hydrogen) atoms. The van der Waals surface area contributed by atoms with Crippen LogP contribution in [0, 0.1) is 5.92 Å². The van der Waals surface area contributed by atoms with E-state index in [1.54, 1.807) is 18.4 Å². The molecule has 1 fully saturated rings. The lowest BCUT2D eigenvalue weighted by Crippen LogP contribution is -2.39. The molecule has 2 heterocycles. The minimum absolute atomic E-state index is 0.611. The highest BCUT2D eigenvalue weighted by Crippen LogP contribution is 2.21. The molecule has 0 aromatic carbocycles. The maximum atomic E-state index is 5.93. The highest BCUT2D eigenvalue weighted by Gasteiger charge is 2.24. The molecule has 0 radical (unpaired) electrons. The molecule has 0 amide bonds. The third-order valence-corrected chi connectivity index (χ3v) is 4.48. The number of methoxy groups -OCH3 is 1. The van der Waals surface area contributed by atoms with Crippen LogP contribution in [0.5, 0.6) is 0 Å². The Morgan fingerprint density at radius 1 is 1.63 bits per heavy atom. The van der Waals surface area contributed by atoms with Gasteiger partial charge in [-0.25, -0.2) is 0 Å². The van der Waals surface area contributed by atoms with Gasteiger partial charge in [0, 0.05) is 38.0 Å². The Balaban J connectivity index is 1.84. The lowest BCUT2D eigenvalue weighted by atomic mass is 10.1. The standard InChI is InChI=1S/C13H20ClN3OS/c1-15-13(16-7-11-3-4-12(14)19-11)17-6-5-10(8-17)9-18-2/h3-4,10H,5-9H2,1-2H3,(H,15,16). The Morgan fingerprint density at radius 2 is 2.47 bits per heavy atom. The Kier molecular flexibility index (Phi) is 5.48. The summed E-state index contributed by atoms with van der Waals surface area (Å²) in [7, 11) is 3.59. The smallest absolute Gasteiger partial charge is 0.193 e. The normalized spacial score (nSPS) is 20.1. The largest absolute Gasteiger partial charge is 0.384 e. The summed E-state index contributed by atoms with van der Waals surface area (Å²) in [5.74, 6) is 1.57. The van der Waals surface area contributed by atoms with Gasteiger partial charge in [0.1, 0.15) is 0 Å². The number of guanidine groups is 1. The summed E-state index contributed by atoms with van der Waals surface area (Å²) in [6.07, 6.45) is 1.17. The zero-order valence-corrected chi connectivity index (χ0v) is 12.9. The lowest BCUT2D eigenvalue weighted by molar-refractivity contribution is 0.157. The number of ether oxygens (including phenoxy) is 1. The highest BCUT2D eigenvalue weighted by atomic mass is 35.5. The van der Waals surface area contributed by atoms with Gasteiger partial charge in [0.2, 0.25) is 0 Å². The average Bonchev–Trinajstić information content (AvgIpc) is 3.01. The van der Waals surface area contributed by atoms with Gasteiger partial charge in [0.15, 0.2) is 5.96 Å². The van der Waals surface area contributed by atoms with Crippen molar-refractivity contribution in [1.29, 1.82) is 0 Å². The van der Waals surface area contributed by atoms with Crippen molar-refractivity contribution in [2.24, 2.45) is 10.9 Å². The minimum Gasteiger partial charge on any atom is -0.384 e. The molecular formula is C13H20ClN3OS. The molecule has 106 valence electrons. The van der Waals surface area contributed by atoms with Crippen LogP contribution < -0.4 is 5.32 Å². The van der Waals surface area contributed by atoms with Gasteiger partial charge in [0.05, 0.1) is 17.5 Å². The second-order valence-electron chi connectivity index (χ2n) is 4.66. The summed E-state index contributed by atoms with van der Waals surface area (Å²) in [6.45, 7) is 3.65. The van der Waals surface area contributed by atoms with Crippen molar-refractivity contribution in [2.75, 3.05) is 33.9 Å². The summed E-state index contributed by atoms with van der Waals surface area (Å²) in [5.41, 5.74) is 0. The number of rotatable bonds is 4.